The first-order valence-electron chi connectivity index (χ1n) is 10.3. The van der Waals surface area contributed by atoms with E-state index in [-0.39, 0.29) is 32.6 Å². The van der Waals surface area contributed by atoms with Gasteiger partial charge in [-0.15, -0.1) is 0 Å². The van der Waals surface area contributed by atoms with Crippen molar-refractivity contribution in [2.75, 3.05) is 52.4 Å². The molecule has 1 aromatic rings. The predicted octanol–water partition coefficient (Wildman–Crippen LogP) is -1.07. The molecule has 5 N–H and O–H groups in total. The minimum Gasteiger partial charge on any atom is -0.480 e. The van der Waals surface area contributed by atoms with E-state index in [1.54, 1.807) is 30.3 Å². The van der Waals surface area contributed by atoms with Crippen LogP contribution in [0.2, 0.25) is 0 Å². The lowest BCUT2D eigenvalue weighted by Crippen LogP contribution is -2.50. The number of hydrogen-bond acceptors (Lipinski definition) is 8. The van der Waals surface area contributed by atoms with Crippen molar-refractivity contribution < 1.29 is 49.5 Å². The van der Waals surface area contributed by atoms with Gasteiger partial charge in [0.2, 0.25) is 0 Å². The van der Waals surface area contributed by atoms with Crippen molar-refractivity contribution in [1.82, 2.24) is 14.7 Å². The number of nitrogens with zero attached hydrogens (tertiary/aromatic N) is 3. The van der Waals surface area contributed by atoms with Crippen LogP contribution in [0.15, 0.2) is 30.3 Å². The van der Waals surface area contributed by atoms with E-state index in [0.717, 1.165) is 9.80 Å². The van der Waals surface area contributed by atoms with Gasteiger partial charge in [-0.3, -0.25) is 38.7 Å². The van der Waals surface area contributed by atoms with Crippen molar-refractivity contribution in [3.63, 3.8) is 0 Å². The second-order valence-corrected chi connectivity index (χ2v) is 7.58. The zero-order valence-electron chi connectivity index (χ0n) is 18.4. The maximum atomic E-state index is 12.1. The number of carboxylic acids is 5. The summed E-state index contributed by atoms with van der Waals surface area (Å²) in [4.78, 5) is 60.1. The van der Waals surface area contributed by atoms with Gasteiger partial charge in [-0.05, 0) is 12.0 Å². The number of carboxylic acid groups (broad SMARTS) is 5. The van der Waals surface area contributed by atoms with Gasteiger partial charge in [-0.2, -0.15) is 0 Å². The molecule has 13 heteroatoms. The van der Waals surface area contributed by atoms with Crippen LogP contribution in [0.5, 0.6) is 0 Å². The van der Waals surface area contributed by atoms with Gasteiger partial charge in [0.15, 0.2) is 0 Å². The monoisotopic (exact) mass is 483 g/mol. The molecular formula is C21H29N3O10. The van der Waals surface area contributed by atoms with E-state index in [4.69, 9.17) is 20.4 Å². The fraction of sp³-hybridized carbons (Fsp3) is 0.476. The number of benzene rings is 1. The van der Waals surface area contributed by atoms with Gasteiger partial charge in [-0.1, -0.05) is 30.3 Å². The molecule has 0 spiro atoms. The summed E-state index contributed by atoms with van der Waals surface area (Å²) in [5, 5.41) is 46.0. The van der Waals surface area contributed by atoms with Gasteiger partial charge < -0.3 is 25.5 Å². The van der Waals surface area contributed by atoms with Crippen LogP contribution in [0.4, 0.5) is 0 Å². The summed E-state index contributed by atoms with van der Waals surface area (Å²) in [7, 11) is 0. The SMILES string of the molecule is O=C(O)CN(CCN(CCN(CC(=O)O)CC(=O)O)[C@H](Cc1ccccc1)C(=O)O)CC(=O)O. The Morgan fingerprint density at radius 1 is 0.618 bits per heavy atom. The molecule has 0 amide bonds. The average molecular weight is 483 g/mol. The molecule has 13 nitrogen and oxygen atoms in total. The quantitative estimate of drug-likeness (QED) is 0.169. The molecule has 0 unspecified atom stereocenters. The molecule has 0 aliphatic rings. The van der Waals surface area contributed by atoms with E-state index in [1.807, 2.05) is 0 Å². The van der Waals surface area contributed by atoms with Crippen molar-refractivity contribution in [2.24, 2.45) is 0 Å². The maximum absolute atomic E-state index is 12.1. The van der Waals surface area contributed by atoms with E-state index in [9.17, 15) is 29.1 Å². The Balaban J connectivity index is 3.09. The van der Waals surface area contributed by atoms with Crippen molar-refractivity contribution in [3.05, 3.63) is 35.9 Å². The first-order valence-corrected chi connectivity index (χ1v) is 10.3. The van der Waals surface area contributed by atoms with E-state index < -0.39 is 62.1 Å². The van der Waals surface area contributed by atoms with Crippen molar-refractivity contribution >= 4 is 29.8 Å². The molecule has 1 aromatic carbocycles. The lowest BCUT2D eigenvalue weighted by Gasteiger charge is -2.32. The molecule has 1 rings (SSSR count). The van der Waals surface area contributed by atoms with Crippen LogP contribution in [0, 0.1) is 0 Å². The topological polar surface area (TPSA) is 196 Å². The smallest absolute Gasteiger partial charge is 0.321 e. The third-order valence-corrected chi connectivity index (χ3v) is 4.84. The van der Waals surface area contributed by atoms with Gasteiger partial charge in [0.25, 0.3) is 0 Å². The van der Waals surface area contributed by atoms with E-state index in [2.05, 4.69) is 0 Å². The van der Waals surface area contributed by atoms with Crippen LogP contribution in [-0.2, 0) is 30.4 Å². The summed E-state index contributed by atoms with van der Waals surface area (Å²) in [6, 6.07) is 7.61. The standard InChI is InChI=1S/C21H29N3O10/c25-17(26)11-22(12-18(27)28)6-8-24(9-7-23(13-19(29)30)14-20(31)32)16(21(33)34)10-15-4-2-1-3-5-15/h1-5,16H,6-14H2,(H,25,26)(H,27,28)(H,29,30)(H,31,32)(H,33,34)/t16-/m1/s1. The van der Waals surface area contributed by atoms with Gasteiger partial charge in [-0.25, -0.2) is 0 Å². The molecular weight excluding hydrogens is 454 g/mol. The van der Waals surface area contributed by atoms with Crippen LogP contribution < -0.4 is 0 Å². The van der Waals surface area contributed by atoms with Gasteiger partial charge in [0.05, 0.1) is 26.2 Å². The van der Waals surface area contributed by atoms with Crippen LogP contribution in [0.25, 0.3) is 0 Å². The van der Waals surface area contributed by atoms with Crippen molar-refractivity contribution in [3.8, 4) is 0 Å². The fourth-order valence-corrected chi connectivity index (χ4v) is 3.37. The van der Waals surface area contributed by atoms with Gasteiger partial charge >= 0.3 is 29.8 Å². The third-order valence-electron chi connectivity index (χ3n) is 4.84. The van der Waals surface area contributed by atoms with Crippen LogP contribution in [0.1, 0.15) is 5.56 Å². The zero-order chi connectivity index (χ0) is 25.7. The molecule has 0 bridgehead atoms. The van der Waals surface area contributed by atoms with Crippen molar-refractivity contribution in [2.45, 2.75) is 12.5 Å². The Labute approximate surface area is 195 Å². The minimum atomic E-state index is -1.25. The Hall–Kier alpha value is -3.55. The highest BCUT2D eigenvalue weighted by molar-refractivity contribution is 5.74. The Morgan fingerprint density at radius 3 is 1.32 bits per heavy atom. The normalized spacial score (nSPS) is 12.1. The molecule has 0 heterocycles. The second kappa shape index (κ2) is 14.6. The fourth-order valence-electron chi connectivity index (χ4n) is 3.37. The summed E-state index contributed by atoms with van der Waals surface area (Å²) in [6.07, 6.45) is 0.0753. The average Bonchev–Trinajstić information content (AvgIpc) is 2.71. The lowest BCUT2D eigenvalue weighted by molar-refractivity contribution is -0.146. The number of carbonyl (C=O) groups is 5. The number of rotatable bonds is 18. The highest BCUT2D eigenvalue weighted by Gasteiger charge is 2.28. The molecule has 0 aromatic heterocycles. The first-order chi connectivity index (χ1) is 16.0. The summed E-state index contributed by atoms with van der Waals surface area (Å²) in [6.45, 7) is -2.54. The minimum absolute atomic E-state index is 0.0433. The van der Waals surface area contributed by atoms with E-state index >= 15 is 0 Å². The molecule has 0 aliphatic heterocycles. The second-order valence-electron chi connectivity index (χ2n) is 7.58. The predicted molar refractivity (Wildman–Crippen MR) is 117 cm³/mol. The van der Waals surface area contributed by atoms with Crippen LogP contribution >= 0.6 is 0 Å². The molecule has 0 aliphatic carbocycles. The Kier molecular flexibility index (Phi) is 12.2. The molecule has 188 valence electrons. The maximum Gasteiger partial charge on any atom is 0.321 e. The molecule has 1 atom stereocenters. The van der Waals surface area contributed by atoms with Crippen LogP contribution in [-0.4, -0.2) is 128 Å². The van der Waals surface area contributed by atoms with E-state index in [1.165, 1.54) is 4.90 Å². The summed E-state index contributed by atoms with van der Waals surface area (Å²) < 4.78 is 0. The molecule has 34 heavy (non-hydrogen) atoms. The summed E-state index contributed by atoms with van der Waals surface area (Å²) in [5.74, 6) is -6.18. The summed E-state index contributed by atoms with van der Waals surface area (Å²) in [5.41, 5.74) is 0.709. The summed E-state index contributed by atoms with van der Waals surface area (Å²) >= 11 is 0. The lowest BCUT2D eigenvalue weighted by atomic mass is 10.0. The molecule has 0 saturated carbocycles. The number of hydrogen-bond donors (Lipinski definition) is 5. The van der Waals surface area contributed by atoms with Gasteiger partial charge in [0, 0.05) is 26.2 Å². The molecule has 0 fully saturated rings. The molecule has 0 radical (unpaired) electrons. The highest BCUT2D eigenvalue weighted by atomic mass is 16.4. The first kappa shape index (κ1) is 28.5. The van der Waals surface area contributed by atoms with Gasteiger partial charge in [0.1, 0.15) is 6.04 Å². The van der Waals surface area contributed by atoms with Crippen molar-refractivity contribution in [1.29, 1.82) is 0 Å². The van der Waals surface area contributed by atoms with Crippen LogP contribution in [0.3, 0.4) is 0 Å². The number of aliphatic carboxylic acids is 5. The molecule has 0 saturated heterocycles. The Morgan fingerprint density at radius 2 is 1.00 bits per heavy atom. The highest BCUT2D eigenvalue weighted by Crippen LogP contribution is 2.11. The zero-order valence-corrected chi connectivity index (χ0v) is 18.4. The largest absolute Gasteiger partial charge is 0.480 e. The third kappa shape index (κ3) is 11.9. The Bertz CT molecular complexity index is 776. The van der Waals surface area contributed by atoms with E-state index in [0.29, 0.717) is 5.56 Å².